The van der Waals surface area contributed by atoms with Gasteiger partial charge in [-0.15, -0.1) is 0 Å². The molecule has 1 aliphatic rings. The normalized spacial score (nSPS) is 13.0. The summed E-state index contributed by atoms with van der Waals surface area (Å²) in [6, 6.07) is 58.5. The second-order valence-corrected chi connectivity index (χ2v) is 16.4. The van der Waals surface area contributed by atoms with Crippen LogP contribution >= 0.6 is 0 Å². The minimum absolute atomic E-state index is 0.0632. The fourth-order valence-corrected chi connectivity index (χ4v) is 8.22. The van der Waals surface area contributed by atoms with Crippen molar-refractivity contribution in [3.8, 4) is 33.4 Å². The highest BCUT2D eigenvalue weighted by molar-refractivity contribution is 6.12. The van der Waals surface area contributed by atoms with E-state index in [9.17, 15) is 0 Å². The molecule has 0 amide bonds. The molecule has 2 nitrogen and oxygen atoms in total. The van der Waals surface area contributed by atoms with Gasteiger partial charge in [0.05, 0.1) is 11.0 Å². The van der Waals surface area contributed by atoms with E-state index in [1.54, 1.807) is 0 Å². The number of hydrogen-bond donors (Lipinski definition) is 0. The van der Waals surface area contributed by atoms with Gasteiger partial charge in [0.25, 0.3) is 0 Å². The summed E-state index contributed by atoms with van der Waals surface area (Å²) in [7, 11) is 0. The van der Waals surface area contributed by atoms with Crippen LogP contribution < -0.4 is 4.90 Å². The van der Waals surface area contributed by atoms with E-state index < -0.39 is 0 Å². The number of rotatable bonds is 7. The Balaban J connectivity index is 1.11. The Bertz CT molecular complexity index is 2680. The van der Waals surface area contributed by atoms with Crippen molar-refractivity contribution in [3.05, 3.63) is 193 Å². The molecule has 0 fully saturated rings. The second kappa shape index (κ2) is 14.4. The molecule has 56 heavy (non-hydrogen) atoms. The molecule has 0 unspecified atom stereocenters. The van der Waals surface area contributed by atoms with Crippen molar-refractivity contribution < 1.29 is 0 Å². The average Bonchev–Trinajstić information content (AvgIpc) is 3.55. The van der Waals surface area contributed by atoms with Crippen LogP contribution in [0.3, 0.4) is 0 Å². The van der Waals surface area contributed by atoms with Crippen LogP contribution in [0.15, 0.2) is 176 Å². The van der Waals surface area contributed by atoms with Crippen LogP contribution in [-0.2, 0) is 5.41 Å². The molecule has 1 heterocycles. The van der Waals surface area contributed by atoms with E-state index in [-0.39, 0.29) is 5.41 Å². The van der Waals surface area contributed by atoms with Crippen molar-refractivity contribution >= 4 is 44.6 Å². The lowest BCUT2D eigenvalue weighted by Gasteiger charge is -2.26. The third-order valence-corrected chi connectivity index (χ3v) is 11.3. The van der Waals surface area contributed by atoms with Gasteiger partial charge >= 0.3 is 0 Å². The Morgan fingerprint density at radius 1 is 0.464 bits per heavy atom. The van der Waals surface area contributed by atoms with E-state index in [0.717, 1.165) is 29.9 Å². The molecule has 0 atom stereocenters. The Kier molecular flexibility index (Phi) is 9.06. The molecular formula is C54H48N2. The molecule has 7 aromatic carbocycles. The molecule has 0 N–H and O–H groups in total. The standard InChI is InChI=1S/C54H48N2/c1-37-11-9-13-42(33-37)39-17-25-47(26-18-39)55(48-27-19-40(20-28-48)43-14-10-12-38(2)34-43)49-29-21-41(22-30-49)44-23-31-52-50(35-44)51-36-45(54(3,4)5)24-32-53(51)56(52)46-15-7-6-8-16-46/h7,9-36H,6,8H2,1-5H3. The van der Waals surface area contributed by atoms with Gasteiger partial charge < -0.3 is 9.47 Å². The SMILES string of the molecule is Cc1cccc(-c2ccc(N(c3ccc(-c4cccc(C)c4)cc3)c3ccc(-c4ccc5c(c4)c4cc(C(C)(C)C)ccc4n5C4=CCCC=C4)cc3)cc2)c1. The highest BCUT2D eigenvalue weighted by Crippen LogP contribution is 2.40. The highest BCUT2D eigenvalue weighted by atomic mass is 15.1. The van der Waals surface area contributed by atoms with Crippen LogP contribution in [0.2, 0.25) is 0 Å². The quantitative estimate of drug-likeness (QED) is 0.159. The second-order valence-electron chi connectivity index (χ2n) is 16.4. The predicted octanol–water partition coefficient (Wildman–Crippen LogP) is 15.4. The van der Waals surface area contributed by atoms with Crippen LogP contribution in [0.25, 0.3) is 60.9 Å². The molecule has 1 aliphatic carbocycles. The summed E-state index contributed by atoms with van der Waals surface area (Å²) in [6.45, 7) is 11.2. The Labute approximate surface area is 331 Å². The first-order valence-corrected chi connectivity index (χ1v) is 19.9. The minimum Gasteiger partial charge on any atom is -0.311 e. The summed E-state index contributed by atoms with van der Waals surface area (Å²) in [5, 5.41) is 2.59. The van der Waals surface area contributed by atoms with Gasteiger partial charge in [0, 0.05) is 33.5 Å². The van der Waals surface area contributed by atoms with E-state index in [1.165, 1.54) is 77.6 Å². The Morgan fingerprint density at radius 3 is 1.39 bits per heavy atom. The number of aromatic nitrogens is 1. The number of allylic oxidation sites excluding steroid dienone is 4. The molecule has 0 spiro atoms. The van der Waals surface area contributed by atoms with E-state index in [0.29, 0.717) is 0 Å². The van der Waals surface area contributed by atoms with Crippen LogP contribution in [0.4, 0.5) is 17.1 Å². The van der Waals surface area contributed by atoms with Crippen molar-refractivity contribution in [2.24, 2.45) is 0 Å². The summed E-state index contributed by atoms with van der Waals surface area (Å²) >= 11 is 0. The Morgan fingerprint density at radius 2 is 0.929 bits per heavy atom. The maximum Gasteiger partial charge on any atom is 0.0541 e. The molecule has 0 aliphatic heterocycles. The monoisotopic (exact) mass is 724 g/mol. The molecule has 274 valence electrons. The molecule has 0 saturated heterocycles. The predicted molar refractivity (Wildman–Crippen MR) is 241 cm³/mol. The molecule has 0 radical (unpaired) electrons. The summed E-state index contributed by atoms with van der Waals surface area (Å²) in [5.41, 5.74) is 18.4. The van der Waals surface area contributed by atoms with Gasteiger partial charge in [0.2, 0.25) is 0 Å². The maximum atomic E-state index is 2.45. The lowest BCUT2D eigenvalue weighted by molar-refractivity contribution is 0.591. The van der Waals surface area contributed by atoms with Crippen molar-refractivity contribution in [2.45, 2.75) is 52.9 Å². The molecule has 0 bridgehead atoms. The van der Waals surface area contributed by atoms with Crippen LogP contribution in [0, 0.1) is 13.8 Å². The fraction of sp³-hybridized carbons (Fsp3) is 0.148. The summed E-state index contributed by atoms with van der Waals surface area (Å²) in [6.07, 6.45) is 9.13. The van der Waals surface area contributed by atoms with Gasteiger partial charge in [-0.2, -0.15) is 0 Å². The summed E-state index contributed by atoms with van der Waals surface area (Å²) in [4.78, 5) is 2.36. The van der Waals surface area contributed by atoms with Crippen molar-refractivity contribution in [3.63, 3.8) is 0 Å². The van der Waals surface area contributed by atoms with Crippen LogP contribution in [0.5, 0.6) is 0 Å². The van der Waals surface area contributed by atoms with Crippen LogP contribution in [0.1, 0.15) is 50.3 Å². The third kappa shape index (κ3) is 6.77. The molecular weight excluding hydrogens is 677 g/mol. The zero-order chi connectivity index (χ0) is 38.4. The van der Waals surface area contributed by atoms with Gasteiger partial charge in [-0.1, -0.05) is 141 Å². The van der Waals surface area contributed by atoms with Crippen molar-refractivity contribution in [2.75, 3.05) is 4.90 Å². The minimum atomic E-state index is 0.0632. The topological polar surface area (TPSA) is 8.17 Å². The lowest BCUT2D eigenvalue weighted by Crippen LogP contribution is -2.10. The molecule has 8 aromatic rings. The summed E-state index contributed by atoms with van der Waals surface area (Å²) < 4.78 is 2.45. The number of benzene rings is 7. The van der Waals surface area contributed by atoms with Gasteiger partial charge in [-0.25, -0.2) is 0 Å². The van der Waals surface area contributed by atoms with Gasteiger partial charge in [-0.3, -0.25) is 0 Å². The fourth-order valence-electron chi connectivity index (χ4n) is 8.22. The number of aryl methyl sites for hydroxylation is 2. The number of nitrogens with zero attached hydrogens (tertiary/aromatic N) is 2. The molecule has 1 aromatic heterocycles. The smallest absolute Gasteiger partial charge is 0.0541 e. The molecule has 0 saturated carbocycles. The first-order chi connectivity index (χ1) is 27.2. The lowest BCUT2D eigenvalue weighted by atomic mass is 9.86. The first kappa shape index (κ1) is 35.3. The van der Waals surface area contributed by atoms with E-state index in [1.807, 2.05) is 0 Å². The third-order valence-electron chi connectivity index (χ3n) is 11.3. The van der Waals surface area contributed by atoms with Gasteiger partial charge in [0.15, 0.2) is 0 Å². The van der Waals surface area contributed by atoms with Gasteiger partial charge in [-0.05, 0) is 138 Å². The molecule has 9 rings (SSSR count). The zero-order valence-electron chi connectivity index (χ0n) is 33.1. The van der Waals surface area contributed by atoms with E-state index in [2.05, 4.69) is 220 Å². The van der Waals surface area contributed by atoms with E-state index >= 15 is 0 Å². The maximum absolute atomic E-state index is 2.45. The van der Waals surface area contributed by atoms with Crippen molar-refractivity contribution in [1.82, 2.24) is 4.57 Å². The highest BCUT2D eigenvalue weighted by Gasteiger charge is 2.20. The average molecular weight is 725 g/mol. The first-order valence-electron chi connectivity index (χ1n) is 19.9. The zero-order valence-corrected chi connectivity index (χ0v) is 33.1. The van der Waals surface area contributed by atoms with Gasteiger partial charge in [0.1, 0.15) is 0 Å². The summed E-state index contributed by atoms with van der Waals surface area (Å²) in [5.74, 6) is 0. The number of hydrogen-bond acceptors (Lipinski definition) is 1. The number of fused-ring (bicyclic) bond motifs is 3. The molecule has 2 heteroatoms. The largest absolute Gasteiger partial charge is 0.311 e. The van der Waals surface area contributed by atoms with Crippen LogP contribution in [-0.4, -0.2) is 4.57 Å². The van der Waals surface area contributed by atoms with E-state index in [4.69, 9.17) is 0 Å². The number of anilines is 3. The Hall–Kier alpha value is -6.38. The van der Waals surface area contributed by atoms with Crippen molar-refractivity contribution in [1.29, 1.82) is 0 Å².